The molecule has 0 radical (unpaired) electrons. The van der Waals surface area contributed by atoms with Crippen molar-refractivity contribution >= 4 is 17.3 Å². The molecule has 6 nitrogen and oxygen atoms in total. The molecule has 0 spiro atoms. The summed E-state index contributed by atoms with van der Waals surface area (Å²) in [7, 11) is 4.07. The van der Waals surface area contributed by atoms with E-state index in [-0.39, 0.29) is 18.7 Å². The first-order valence-corrected chi connectivity index (χ1v) is 10.9. The molecule has 1 unspecified atom stereocenters. The SMILES string of the molecule is CN(C)c1ccc(C(CNC(=O)c2ccc3c(c2)OCO3)N2CCc3ccccc32)cc1. The number of benzene rings is 3. The summed E-state index contributed by atoms with van der Waals surface area (Å²) in [4.78, 5) is 17.4. The van der Waals surface area contributed by atoms with E-state index in [0.717, 1.165) is 18.7 Å². The highest BCUT2D eigenvalue weighted by atomic mass is 16.7. The Balaban J connectivity index is 1.39. The van der Waals surface area contributed by atoms with Crippen molar-refractivity contribution in [2.75, 3.05) is 43.8 Å². The zero-order valence-electron chi connectivity index (χ0n) is 18.4. The van der Waals surface area contributed by atoms with Crippen LogP contribution in [0.4, 0.5) is 11.4 Å². The molecule has 1 atom stereocenters. The van der Waals surface area contributed by atoms with Gasteiger partial charge in [-0.15, -0.1) is 0 Å². The second-order valence-electron chi connectivity index (χ2n) is 8.35. The zero-order valence-corrected chi connectivity index (χ0v) is 18.4. The van der Waals surface area contributed by atoms with E-state index < -0.39 is 0 Å². The van der Waals surface area contributed by atoms with Crippen LogP contribution in [0.5, 0.6) is 11.5 Å². The van der Waals surface area contributed by atoms with Crippen molar-refractivity contribution in [2.24, 2.45) is 0 Å². The third kappa shape index (κ3) is 3.84. The summed E-state index contributed by atoms with van der Waals surface area (Å²) in [6.45, 7) is 1.63. The molecule has 0 aromatic heterocycles. The molecule has 164 valence electrons. The molecule has 3 aromatic rings. The van der Waals surface area contributed by atoms with Gasteiger partial charge in [0.05, 0.1) is 6.04 Å². The van der Waals surface area contributed by atoms with Crippen molar-refractivity contribution in [1.29, 1.82) is 0 Å². The van der Waals surface area contributed by atoms with Crippen molar-refractivity contribution < 1.29 is 14.3 Å². The molecule has 32 heavy (non-hydrogen) atoms. The van der Waals surface area contributed by atoms with E-state index in [1.54, 1.807) is 18.2 Å². The molecule has 5 rings (SSSR count). The Hall–Kier alpha value is -3.67. The molecule has 1 amide bonds. The van der Waals surface area contributed by atoms with Gasteiger partial charge in [-0.1, -0.05) is 30.3 Å². The minimum Gasteiger partial charge on any atom is -0.454 e. The average Bonchev–Trinajstić information content (AvgIpc) is 3.46. The van der Waals surface area contributed by atoms with Crippen LogP contribution in [-0.4, -0.2) is 39.9 Å². The number of nitrogens with zero attached hydrogens (tertiary/aromatic N) is 2. The van der Waals surface area contributed by atoms with Crippen LogP contribution in [0.1, 0.15) is 27.5 Å². The van der Waals surface area contributed by atoms with E-state index in [1.807, 2.05) is 14.1 Å². The van der Waals surface area contributed by atoms with E-state index in [2.05, 4.69) is 63.6 Å². The molecule has 0 saturated carbocycles. The van der Waals surface area contributed by atoms with Crippen LogP contribution < -0.4 is 24.6 Å². The van der Waals surface area contributed by atoms with Crippen LogP contribution in [0.25, 0.3) is 0 Å². The lowest BCUT2D eigenvalue weighted by atomic mass is 10.0. The fourth-order valence-corrected chi connectivity index (χ4v) is 4.42. The summed E-state index contributed by atoms with van der Waals surface area (Å²) in [5.74, 6) is 1.17. The number of nitrogens with one attached hydrogen (secondary N) is 1. The molecule has 0 fully saturated rings. The van der Waals surface area contributed by atoms with Gasteiger partial charge in [0.15, 0.2) is 11.5 Å². The Kier molecular flexibility index (Phi) is 5.35. The predicted octanol–water partition coefficient (Wildman–Crippen LogP) is 4.02. The van der Waals surface area contributed by atoms with E-state index in [1.165, 1.54) is 16.8 Å². The summed E-state index contributed by atoms with van der Waals surface area (Å²) >= 11 is 0. The van der Waals surface area contributed by atoms with Gasteiger partial charge in [0.1, 0.15) is 0 Å². The molecule has 0 bridgehead atoms. The van der Waals surface area contributed by atoms with E-state index in [0.29, 0.717) is 23.6 Å². The first kappa shape index (κ1) is 20.2. The Morgan fingerprint density at radius 1 is 1.03 bits per heavy atom. The lowest BCUT2D eigenvalue weighted by Gasteiger charge is -2.31. The van der Waals surface area contributed by atoms with Crippen LogP contribution in [0.3, 0.4) is 0 Å². The quantitative estimate of drug-likeness (QED) is 0.642. The number of anilines is 2. The number of carbonyl (C=O) groups excluding carboxylic acids is 1. The maximum Gasteiger partial charge on any atom is 0.251 e. The molecule has 6 heteroatoms. The molecule has 0 aliphatic carbocycles. The Morgan fingerprint density at radius 2 is 1.81 bits per heavy atom. The lowest BCUT2D eigenvalue weighted by molar-refractivity contribution is 0.0950. The fraction of sp³-hybridized carbons (Fsp3) is 0.269. The molecule has 3 aromatic carbocycles. The topological polar surface area (TPSA) is 54.0 Å². The molecular formula is C26H27N3O3. The number of carbonyl (C=O) groups is 1. The average molecular weight is 430 g/mol. The van der Waals surface area contributed by atoms with Crippen molar-refractivity contribution in [3.05, 3.63) is 83.4 Å². The van der Waals surface area contributed by atoms with Gasteiger partial charge in [-0.3, -0.25) is 4.79 Å². The minimum atomic E-state index is -0.120. The highest BCUT2D eigenvalue weighted by Gasteiger charge is 2.28. The highest BCUT2D eigenvalue weighted by molar-refractivity contribution is 5.95. The molecule has 2 aliphatic rings. The lowest BCUT2D eigenvalue weighted by Crippen LogP contribution is -2.37. The zero-order chi connectivity index (χ0) is 22.1. The number of hydrogen-bond donors (Lipinski definition) is 1. The number of rotatable bonds is 6. The van der Waals surface area contributed by atoms with Crippen LogP contribution in [0, 0.1) is 0 Å². The summed E-state index contributed by atoms with van der Waals surface area (Å²) in [6, 6.07) is 22.4. The molecule has 0 saturated heterocycles. The standard InChI is InChI=1S/C26H27N3O3/c1-28(2)21-10-7-19(8-11-21)23(29-14-13-18-5-3-4-6-22(18)29)16-27-26(30)20-9-12-24-25(15-20)32-17-31-24/h3-12,15,23H,13-14,16-17H2,1-2H3,(H,27,30). The molecular weight excluding hydrogens is 402 g/mol. The van der Waals surface area contributed by atoms with Gasteiger partial charge < -0.3 is 24.6 Å². The van der Waals surface area contributed by atoms with E-state index >= 15 is 0 Å². The van der Waals surface area contributed by atoms with Crippen LogP contribution >= 0.6 is 0 Å². The molecule has 2 heterocycles. The van der Waals surface area contributed by atoms with Gasteiger partial charge in [-0.05, 0) is 53.9 Å². The summed E-state index contributed by atoms with van der Waals surface area (Å²) in [6.07, 6.45) is 1.01. The van der Waals surface area contributed by atoms with Gasteiger partial charge in [0.25, 0.3) is 5.91 Å². The third-order valence-electron chi connectivity index (χ3n) is 6.18. The maximum atomic E-state index is 13.0. The Labute approximate surface area is 188 Å². The summed E-state index contributed by atoms with van der Waals surface area (Å²) < 4.78 is 10.8. The first-order chi connectivity index (χ1) is 15.6. The first-order valence-electron chi connectivity index (χ1n) is 10.9. The van der Waals surface area contributed by atoms with Crippen molar-refractivity contribution in [3.8, 4) is 11.5 Å². The van der Waals surface area contributed by atoms with Crippen molar-refractivity contribution in [3.63, 3.8) is 0 Å². The third-order valence-corrected chi connectivity index (χ3v) is 6.18. The smallest absolute Gasteiger partial charge is 0.251 e. The van der Waals surface area contributed by atoms with Crippen LogP contribution in [0.2, 0.25) is 0 Å². The number of para-hydroxylation sites is 1. The number of amides is 1. The number of fused-ring (bicyclic) bond motifs is 2. The van der Waals surface area contributed by atoms with Gasteiger partial charge in [-0.2, -0.15) is 0 Å². The van der Waals surface area contributed by atoms with E-state index in [9.17, 15) is 4.79 Å². The van der Waals surface area contributed by atoms with Crippen molar-refractivity contribution in [2.45, 2.75) is 12.5 Å². The summed E-state index contributed by atoms with van der Waals surface area (Å²) in [5.41, 5.74) is 5.49. The summed E-state index contributed by atoms with van der Waals surface area (Å²) in [5, 5.41) is 3.15. The highest BCUT2D eigenvalue weighted by Crippen LogP contribution is 2.36. The second kappa shape index (κ2) is 8.46. The second-order valence-corrected chi connectivity index (χ2v) is 8.35. The van der Waals surface area contributed by atoms with Gasteiger partial charge in [0.2, 0.25) is 6.79 Å². The number of ether oxygens (including phenoxy) is 2. The minimum absolute atomic E-state index is 0.0350. The monoisotopic (exact) mass is 429 g/mol. The Bertz CT molecular complexity index is 1130. The largest absolute Gasteiger partial charge is 0.454 e. The van der Waals surface area contributed by atoms with Gasteiger partial charge >= 0.3 is 0 Å². The van der Waals surface area contributed by atoms with Crippen LogP contribution in [0.15, 0.2) is 66.7 Å². The van der Waals surface area contributed by atoms with Crippen LogP contribution in [-0.2, 0) is 6.42 Å². The van der Waals surface area contributed by atoms with E-state index in [4.69, 9.17) is 9.47 Å². The van der Waals surface area contributed by atoms with Gasteiger partial charge in [0, 0.05) is 44.1 Å². The van der Waals surface area contributed by atoms with Crippen molar-refractivity contribution in [1.82, 2.24) is 5.32 Å². The normalized spacial score (nSPS) is 14.8. The number of hydrogen-bond acceptors (Lipinski definition) is 5. The fourth-order valence-electron chi connectivity index (χ4n) is 4.42. The molecule has 1 N–H and O–H groups in total. The Morgan fingerprint density at radius 3 is 2.62 bits per heavy atom. The molecule has 2 aliphatic heterocycles. The predicted molar refractivity (Wildman–Crippen MR) is 126 cm³/mol. The maximum absolute atomic E-state index is 13.0. The van der Waals surface area contributed by atoms with Gasteiger partial charge in [-0.25, -0.2) is 0 Å².